The number of likely N-dealkylation sites (N-methyl/N-ethyl adjacent to an activating group) is 3. The zero-order chi connectivity index (χ0) is 32.2. The minimum Gasteiger partial charge on any atom is -0.508 e. The van der Waals surface area contributed by atoms with E-state index in [1.54, 1.807) is 20.2 Å². The number of carbonyl (C=O) groups is 3. The monoisotopic (exact) mass is 604 g/mol. The summed E-state index contributed by atoms with van der Waals surface area (Å²) in [4.78, 5) is 45.4. The second kappa shape index (κ2) is 11.5. The Hall–Kier alpha value is -4.03. The summed E-state index contributed by atoms with van der Waals surface area (Å²) < 4.78 is 0. The zero-order valence-electron chi connectivity index (χ0n) is 25.7. The number of benzene rings is 2. The summed E-state index contributed by atoms with van der Waals surface area (Å²) in [6.07, 6.45) is 0.270. The molecule has 1 fully saturated rings. The number of fused-ring (bicyclic) bond motifs is 3. The number of aliphatic hydroxyl groups is 3. The van der Waals surface area contributed by atoms with Crippen LogP contribution < -0.4 is 5.73 Å². The van der Waals surface area contributed by atoms with Gasteiger partial charge in [-0.25, -0.2) is 0 Å². The van der Waals surface area contributed by atoms with Crippen molar-refractivity contribution in [3.63, 3.8) is 0 Å². The first-order valence-electron chi connectivity index (χ1n) is 14.6. The van der Waals surface area contributed by atoms with Crippen LogP contribution in [0.25, 0.3) is 16.9 Å². The van der Waals surface area contributed by atoms with Crippen LogP contribution in [-0.2, 0) is 27.3 Å². The molecule has 0 aliphatic heterocycles. The van der Waals surface area contributed by atoms with Crippen LogP contribution in [0.4, 0.5) is 0 Å². The first-order chi connectivity index (χ1) is 20.7. The fraction of sp³-hybridized carbons (Fsp3) is 0.424. The lowest BCUT2D eigenvalue weighted by Crippen LogP contribution is -2.65. The van der Waals surface area contributed by atoms with Crippen LogP contribution >= 0.6 is 0 Å². The number of aliphatic hydroxyl groups excluding tert-OH is 2. The molecule has 0 radical (unpaired) electrons. The Morgan fingerprint density at radius 1 is 0.977 bits per heavy atom. The standard InChI is InChI=1S/C33H40N4O7/c1-35(2)12-13-37(5)16-17-6-8-18(9-7-17)20-10-11-23(38)25-21(20)14-19-15-22-27(36(3)4)29(40)26(32(34)43)31(42)33(22,44)30(41)24(19)28(25)39/h6-11,19,22,27,38-39,42,44H,12-16H2,1-5H3,(H2,34,43)/t19?,22?,27-,33-/m0/s1. The first-order valence-corrected chi connectivity index (χ1v) is 14.6. The quantitative estimate of drug-likeness (QED) is 0.279. The van der Waals surface area contributed by atoms with E-state index in [-0.39, 0.29) is 29.7 Å². The summed E-state index contributed by atoms with van der Waals surface area (Å²) in [6, 6.07) is 10.1. The molecule has 2 aromatic carbocycles. The van der Waals surface area contributed by atoms with Crippen molar-refractivity contribution in [2.24, 2.45) is 17.6 Å². The van der Waals surface area contributed by atoms with Crippen molar-refractivity contribution in [1.29, 1.82) is 0 Å². The lowest BCUT2D eigenvalue weighted by atomic mass is 9.57. The molecule has 1 amide bonds. The number of aromatic hydroxyl groups is 1. The topological polar surface area (TPSA) is 168 Å². The second-order valence-corrected chi connectivity index (χ2v) is 12.7. The lowest BCUT2D eigenvalue weighted by Gasteiger charge is -2.50. The van der Waals surface area contributed by atoms with E-state index in [1.807, 2.05) is 38.4 Å². The number of hydrogen-bond acceptors (Lipinski definition) is 10. The van der Waals surface area contributed by atoms with Crippen LogP contribution in [-0.4, -0.2) is 113 Å². The molecule has 11 nitrogen and oxygen atoms in total. The van der Waals surface area contributed by atoms with Crippen LogP contribution in [0.3, 0.4) is 0 Å². The third-order valence-electron chi connectivity index (χ3n) is 9.25. The Kier molecular flexibility index (Phi) is 8.19. The Morgan fingerprint density at radius 2 is 1.64 bits per heavy atom. The van der Waals surface area contributed by atoms with Crippen molar-refractivity contribution in [2.45, 2.75) is 31.0 Å². The van der Waals surface area contributed by atoms with Crippen molar-refractivity contribution in [3.8, 4) is 16.9 Å². The van der Waals surface area contributed by atoms with Crippen molar-refractivity contribution < 1.29 is 34.8 Å². The summed E-state index contributed by atoms with van der Waals surface area (Å²) in [7, 11) is 9.30. The van der Waals surface area contributed by atoms with E-state index in [2.05, 4.69) is 16.8 Å². The van der Waals surface area contributed by atoms with Gasteiger partial charge < -0.3 is 36.0 Å². The van der Waals surface area contributed by atoms with Gasteiger partial charge in [0, 0.05) is 31.1 Å². The maximum Gasteiger partial charge on any atom is 0.255 e. The van der Waals surface area contributed by atoms with E-state index in [1.165, 1.54) is 11.0 Å². The average molecular weight is 605 g/mol. The fourth-order valence-electron chi connectivity index (χ4n) is 7.07. The molecule has 0 heterocycles. The molecule has 2 unspecified atom stereocenters. The molecule has 3 aliphatic rings. The highest BCUT2D eigenvalue weighted by Crippen LogP contribution is 2.53. The molecule has 234 valence electrons. The van der Waals surface area contributed by atoms with Gasteiger partial charge in [0.1, 0.15) is 22.8 Å². The number of hydrogen-bond donors (Lipinski definition) is 5. The summed E-state index contributed by atoms with van der Waals surface area (Å²) in [5, 5.41) is 45.2. The van der Waals surface area contributed by atoms with Gasteiger partial charge >= 0.3 is 0 Å². The minimum atomic E-state index is -2.66. The van der Waals surface area contributed by atoms with Gasteiger partial charge in [-0.05, 0) is 82.3 Å². The number of nitrogens with zero attached hydrogens (tertiary/aromatic N) is 3. The van der Waals surface area contributed by atoms with E-state index in [0.29, 0.717) is 5.56 Å². The van der Waals surface area contributed by atoms with E-state index in [0.717, 1.165) is 36.3 Å². The molecule has 0 aromatic heterocycles. The molecular weight excluding hydrogens is 564 g/mol. The number of phenolic OH excluding ortho intramolecular Hbond substituents is 1. The van der Waals surface area contributed by atoms with E-state index < -0.39 is 58.0 Å². The largest absolute Gasteiger partial charge is 0.508 e. The summed E-state index contributed by atoms with van der Waals surface area (Å²) >= 11 is 0. The van der Waals surface area contributed by atoms with Gasteiger partial charge in [0.15, 0.2) is 11.4 Å². The Balaban J connectivity index is 1.56. The predicted octanol–water partition coefficient (Wildman–Crippen LogP) is 1.62. The highest BCUT2D eigenvalue weighted by molar-refractivity contribution is 6.24. The van der Waals surface area contributed by atoms with Gasteiger partial charge in [0.2, 0.25) is 5.78 Å². The first kappa shape index (κ1) is 31.4. The van der Waals surface area contributed by atoms with Crippen LogP contribution in [0.2, 0.25) is 0 Å². The molecule has 44 heavy (non-hydrogen) atoms. The number of amides is 1. The number of phenols is 1. The Labute approximate surface area is 256 Å². The third kappa shape index (κ3) is 4.99. The Morgan fingerprint density at radius 3 is 2.23 bits per heavy atom. The third-order valence-corrected chi connectivity index (χ3v) is 9.25. The Bertz CT molecular complexity index is 1590. The van der Waals surface area contributed by atoms with Gasteiger partial charge in [-0.1, -0.05) is 30.3 Å². The van der Waals surface area contributed by atoms with E-state index >= 15 is 0 Å². The maximum absolute atomic E-state index is 14.0. The molecule has 2 aromatic rings. The molecule has 5 rings (SSSR count). The summed E-state index contributed by atoms with van der Waals surface area (Å²) in [5.74, 6) is -6.66. The summed E-state index contributed by atoms with van der Waals surface area (Å²) in [5.41, 5.74) is 5.20. The maximum atomic E-state index is 14.0. The molecule has 3 aliphatic carbocycles. The number of carbonyl (C=O) groups excluding carboxylic acids is 3. The molecule has 4 atom stereocenters. The molecule has 0 bridgehead atoms. The zero-order valence-corrected chi connectivity index (χ0v) is 25.7. The van der Waals surface area contributed by atoms with Crippen LogP contribution in [0.5, 0.6) is 5.75 Å². The van der Waals surface area contributed by atoms with Crippen molar-refractivity contribution >= 4 is 23.2 Å². The van der Waals surface area contributed by atoms with E-state index in [9.17, 15) is 34.8 Å². The molecule has 0 saturated heterocycles. The van der Waals surface area contributed by atoms with Crippen molar-refractivity contribution in [2.75, 3.05) is 48.3 Å². The summed E-state index contributed by atoms with van der Waals surface area (Å²) in [6.45, 7) is 2.64. The average Bonchev–Trinajstić information content (AvgIpc) is 2.94. The molecule has 11 heteroatoms. The number of primary amides is 1. The van der Waals surface area contributed by atoms with Gasteiger partial charge in [-0.3, -0.25) is 19.3 Å². The number of Topliss-reactive ketones (excluding diaryl/α,β-unsaturated/α-hetero) is 2. The highest BCUT2D eigenvalue weighted by Gasteiger charge is 2.64. The van der Waals surface area contributed by atoms with Gasteiger partial charge in [-0.15, -0.1) is 0 Å². The van der Waals surface area contributed by atoms with Crippen molar-refractivity contribution in [3.05, 3.63) is 70.0 Å². The fourth-order valence-corrected chi connectivity index (χ4v) is 7.07. The van der Waals surface area contributed by atoms with Crippen LogP contribution in [0.1, 0.15) is 23.1 Å². The van der Waals surface area contributed by atoms with Crippen LogP contribution in [0.15, 0.2) is 53.3 Å². The second-order valence-electron chi connectivity index (χ2n) is 12.7. The normalized spacial score (nSPS) is 25.1. The van der Waals surface area contributed by atoms with E-state index in [4.69, 9.17) is 5.73 Å². The molecular formula is C33H40N4O7. The van der Waals surface area contributed by atoms with Gasteiger partial charge in [-0.2, -0.15) is 0 Å². The highest BCUT2D eigenvalue weighted by atomic mass is 16.3. The number of rotatable bonds is 8. The van der Waals surface area contributed by atoms with Crippen molar-refractivity contribution in [1.82, 2.24) is 14.7 Å². The molecule has 1 saturated carbocycles. The van der Waals surface area contributed by atoms with Crippen LogP contribution in [0, 0.1) is 11.8 Å². The smallest absolute Gasteiger partial charge is 0.255 e. The predicted molar refractivity (Wildman–Crippen MR) is 165 cm³/mol. The molecule has 6 N–H and O–H groups in total. The number of nitrogens with two attached hydrogens (primary N) is 1. The number of ketones is 2. The molecule has 0 spiro atoms. The minimum absolute atomic E-state index is 0.0408. The SMILES string of the molecule is CN(C)CCN(C)Cc1ccc(-c2ccc(O)c3c2CC2CC4[C@H](N(C)C)C(=O)C(C(N)=O)=C(O)[C@@]4(O)C(=O)C2=C3O)cc1. The lowest BCUT2D eigenvalue weighted by molar-refractivity contribution is -0.153. The van der Waals surface area contributed by atoms with Gasteiger partial charge in [0.25, 0.3) is 5.91 Å². The van der Waals surface area contributed by atoms with Gasteiger partial charge in [0.05, 0.1) is 11.6 Å².